The summed E-state index contributed by atoms with van der Waals surface area (Å²) in [6.45, 7) is 14.9. The number of nitrogens with zero attached hydrogens (tertiary/aromatic N) is 1. The van der Waals surface area contributed by atoms with Gasteiger partial charge < -0.3 is 0 Å². The van der Waals surface area contributed by atoms with Gasteiger partial charge in [-0.25, -0.2) is 0 Å². The Hall–Kier alpha value is -1.34. The summed E-state index contributed by atoms with van der Waals surface area (Å²) in [5.74, 6) is 1.22. The van der Waals surface area contributed by atoms with Crippen molar-refractivity contribution in [2.24, 2.45) is 10.8 Å². The smallest absolute Gasteiger partial charge is 0.0513 e. The third-order valence-corrected chi connectivity index (χ3v) is 10.9. The molecule has 0 spiro atoms. The second kappa shape index (κ2) is 5.10. The lowest BCUT2D eigenvalue weighted by Crippen LogP contribution is -2.34. The molecule has 0 radical (unpaired) electrons. The molecule has 29 heavy (non-hydrogen) atoms. The van der Waals surface area contributed by atoms with Crippen molar-refractivity contribution in [3.05, 3.63) is 51.8 Å². The van der Waals surface area contributed by atoms with E-state index in [0.717, 1.165) is 5.02 Å². The fourth-order valence-corrected chi connectivity index (χ4v) is 8.05. The summed E-state index contributed by atoms with van der Waals surface area (Å²) in [5, 5.41) is 0.818. The molecular formula is C27H32ClN. The zero-order valence-electron chi connectivity index (χ0n) is 18.6. The van der Waals surface area contributed by atoms with Crippen LogP contribution < -0.4 is 0 Å². The molecule has 0 unspecified atom stereocenters. The van der Waals surface area contributed by atoms with Gasteiger partial charge in [0, 0.05) is 15.9 Å². The highest BCUT2D eigenvalue weighted by Gasteiger charge is 2.66. The molecule has 2 saturated carbocycles. The van der Waals surface area contributed by atoms with Crippen LogP contribution in [0.3, 0.4) is 0 Å². The van der Waals surface area contributed by atoms with E-state index in [0.29, 0.717) is 11.8 Å². The highest BCUT2D eigenvalue weighted by Crippen LogP contribution is 2.73. The molecule has 4 aliphatic rings. The van der Waals surface area contributed by atoms with Gasteiger partial charge in [-0.3, -0.25) is 4.98 Å². The second-order valence-corrected chi connectivity index (χ2v) is 12.2. The maximum absolute atomic E-state index is 6.28. The van der Waals surface area contributed by atoms with Gasteiger partial charge >= 0.3 is 0 Å². The molecule has 2 fully saturated rings. The van der Waals surface area contributed by atoms with Gasteiger partial charge in [0.2, 0.25) is 0 Å². The van der Waals surface area contributed by atoms with E-state index in [2.05, 4.69) is 65.8 Å². The third-order valence-electron chi connectivity index (χ3n) is 10.6. The zero-order valence-corrected chi connectivity index (χ0v) is 19.4. The minimum absolute atomic E-state index is 0.186. The number of aromatic nitrogens is 1. The van der Waals surface area contributed by atoms with Gasteiger partial charge in [-0.2, -0.15) is 0 Å². The number of benzene rings is 1. The highest BCUT2D eigenvalue weighted by atomic mass is 35.5. The third kappa shape index (κ3) is 1.81. The van der Waals surface area contributed by atoms with E-state index in [1.165, 1.54) is 48.2 Å². The van der Waals surface area contributed by atoms with Crippen LogP contribution in [0.25, 0.3) is 11.1 Å². The SMILES string of the molecule is CC1(C)[C@@H]2CC[C@@]1(C)c1nc3c(c(-c4ccc(Cl)cc4)c12)[C@H]1CC[C@]3(C)C1(C)C. The molecule has 1 nitrogen and oxygen atoms in total. The van der Waals surface area contributed by atoms with Crippen LogP contribution in [-0.2, 0) is 10.8 Å². The lowest BCUT2D eigenvalue weighted by Gasteiger charge is -2.36. The number of halogens is 1. The molecular weight excluding hydrogens is 374 g/mol. The Balaban J connectivity index is 1.75. The van der Waals surface area contributed by atoms with Crippen molar-refractivity contribution in [1.82, 2.24) is 4.98 Å². The Morgan fingerprint density at radius 3 is 1.66 bits per heavy atom. The van der Waals surface area contributed by atoms with Crippen molar-refractivity contribution < 1.29 is 0 Å². The summed E-state index contributed by atoms with van der Waals surface area (Å²) in [4.78, 5) is 5.61. The van der Waals surface area contributed by atoms with Gasteiger partial charge in [-0.05, 0) is 82.7 Å². The largest absolute Gasteiger partial charge is 0.256 e. The van der Waals surface area contributed by atoms with E-state index in [9.17, 15) is 0 Å². The van der Waals surface area contributed by atoms with Crippen LogP contribution in [0.2, 0.25) is 5.02 Å². The number of hydrogen-bond donors (Lipinski definition) is 0. The predicted octanol–water partition coefficient (Wildman–Crippen LogP) is 7.75. The molecule has 152 valence electrons. The molecule has 1 aromatic heterocycles. The van der Waals surface area contributed by atoms with E-state index in [1.54, 1.807) is 11.1 Å². The van der Waals surface area contributed by atoms with Crippen LogP contribution in [0.4, 0.5) is 0 Å². The van der Waals surface area contributed by atoms with Crippen molar-refractivity contribution in [3.63, 3.8) is 0 Å². The fraction of sp³-hybridized carbons (Fsp3) is 0.593. The molecule has 0 aliphatic heterocycles. The van der Waals surface area contributed by atoms with E-state index in [-0.39, 0.29) is 21.7 Å². The normalized spacial score (nSPS) is 37.1. The van der Waals surface area contributed by atoms with Crippen LogP contribution in [0.1, 0.15) is 102 Å². The predicted molar refractivity (Wildman–Crippen MR) is 121 cm³/mol. The van der Waals surface area contributed by atoms with Crippen LogP contribution in [0.5, 0.6) is 0 Å². The molecule has 1 heterocycles. The van der Waals surface area contributed by atoms with E-state index < -0.39 is 0 Å². The van der Waals surface area contributed by atoms with Crippen LogP contribution in [0.15, 0.2) is 24.3 Å². The molecule has 0 amide bonds. The van der Waals surface area contributed by atoms with E-state index in [4.69, 9.17) is 16.6 Å². The molecule has 2 heteroatoms. The minimum Gasteiger partial charge on any atom is -0.256 e. The Kier molecular flexibility index (Phi) is 3.24. The molecule has 0 saturated heterocycles. The zero-order chi connectivity index (χ0) is 20.6. The van der Waals surface area contributed by atoms with Crippen LogP contribution in [0, 0.1) is 10.8 Å². The highest BCUT2D eigenvalue weighted by molar-refractivity contribution is 6.30. The number of pyridine rings is 1. The quantitative estimate of drug-likeness (QED) is 0.472. The minimum atomic E-state index is 0.186. The van der Waals surface area contributed by atoms with Crippen molar-refractivity contribution in [2.45, 2.75) is 89.9 Å². The van der Waals surface area contributed by atoms with Gasteiger partial charge in [-0.1, -0.05) is 65.3 Å². The molecule has 4 atom stereocenters. The van der Waals surface area contributed by atoms with Gasteiger partial charge in [0.15, 0.2) is 0 Å². The first kappa shape index (κ1) is 18.4. The standard InChI is InChI=1S/C27H32ClN/c1-24(2)17-11-13-26(24,5)22-20(17)19(15-7-9-16(28)10-8-15)21-18-12-14-27(6,23(21)29-22)25(18,3)4/h7-10,17-18H,11-14H2,1-6H3/t17-,18-,26+,27+/m1/s1. The fourth-order valence-electron chi connectivity index (χ4n) is 7.92. The number of hydrogen-bond acceptors (Lipinski definition) is 1. The summed E-state index contributed by atoms with van der Waals surface area (Å²) >= 11 is 6.28. The van der Waals surface area contributed by atoms with E-state index in [1.807, 2.05) is 0 Å². The topological polar surface area (TPSA) is 12.9 Å². The summed E-state index contributed by atoms with van der Waals surface area (Å²) in [6, 6.07) is 8.63. The summed E-state index contributed by atoms with van der Waals surface area (Å²) < 4.78 is 0. The van der Waals surface area contributed by atoms with Crippen LogP contribution in [-0.4, -0.2) is 4.98 Å². The lowest BCUT2D eigenvalue weighted by molar-refractivity contribution is 0.218. The molecule has 4 aliphatic carbocycles. The van der Waals surface area contributed by atoms with Crippen molar-refractivity contribution in [1.29, 1.82) is 0 Å². The maximum Gasteiger partial charge on any atom is 0.0513 e. The molecule has 6 rings (SSSR count). The summed E-state index contributed by atoms with van der Waals surface area (Å²) in [5.41, 5.74) is 9.81. The number of fused-ring (bicyclic) bond motifs is 10. The Morgan fingerprint density at radius 2 is 1.21 bits per heavy atom. The Bertz CT molecular complexity index is 1000. The van der Waals surface area contributed by atoms with Crippen LogP contribution >= 0.6 is 11.6 Å². The average Bonchev–Trinajstić information content (AvgIpc) is 3.17. The monoisotopic (exact) mass is 405 g/mol. The summed E-state index contributed by atoms with van der Waals surface area (Å²) in [6.07, 6.45) is 5.13. The first-order valence-electron chi connectivity index (χ1n) is 11.4. The molecule has 1 aromatic carbocycles. The van der Waals surface area contributed by atoms with Gasteiger partial charge in [0.25, 0.3) is 0 Å². The van der Waals surface area contributed by atoms with Gasteiger partial charge in [0.05, 0.1) is 11.4 Å². The second-order valence-electron chi connectivity index (χ2n) is 11.8. The van der Waals surface area contributed by atoms with Gasteiger partial charge in [0.1, 0.15) is 0 Å². The first-order chi connectivity index (χ1) is 13.5. The van der Waals surface area contributed by atoms with Crippen molar-refractivity contribution in [3.8, 4) is 11.1 Å². The Morgan fingerprint density at radius 1 is 0.759 bits per heavy atom. The van der Waals surface area contributed by atoms with Crippen molar-refractivity contribution >= 4 is 11.6 Å². The lowest BCUT2D eigenvalue weighted by atomic mass is 9.69. The molecule has 4 bridgehead atoms. The molecule has 0 N–H and O–H groups in total. The molecule has 2 aromatic rings. The van der Waals surface area contributed by atoms with Crippen molar-refractivity contribution in [2.75, 3.05) is 0 Å². The maximum atomic E-state index is 6.28. The summed E-state index contributed by atoms with van der Waals surface area (Å²) in [7, 11) is 0. The van der Waals surface area contributed by atoms with E-state index >= 15 is 0 Å². The van der Waals surface area contributed by atoms with Gasteiger partial charge in [-0.15, -0.1) is 0 Å². The number of rotatable bonds is 1. The average molecular weight is 406 g/mol. The Labute approximate surface area is 180 Å². The first-order valence-corrected chi connectivity index (χ1v) is 11.8.